The molecule has 0 saturated heterocycles. The maximum atomic E-state index is 12.4. The molecule has 3 unspecified atom stereocenters. The van der Waals surface area contributed by atoms with Gasteiger partial charge >= 0.3 is 0 Å². The standard InChI is InChI=1S/C17H29NO2S/c1-5-11-18-16(13-21(19)12-14(3)6-2)15-9-7-8-10-17(15)20-4/h7-10,14,16,18H,5-6,11-13H2,1-4H3. The Balaban J connectivity index is 2.82. The Morgan fingerprint density at radius 3 is 2.57 bits per heavy atom. The van der Waals surface area contributed by atoms with E-state index >= 15 is 0 Å². The van der Waals surface area contributed by atoms with Gasteiger partial charge in [0.15, 0.2) is 0 Å². The van der Waals surface area contributed by atoms with Gasteiger partial charge in [0, 0.05) is 33.9 Å². The average Bonchev–Trinajstić information content (AvgIpc) is 2.51. The zero-order chi connectivity index (χ0) is 15.7. The van der Waals surface area contributed by atoms with E-state index in [1.54, 1.807) is 7.11 Å². The van der Waals surface area contributed by atoms with Crippen molar-refractivity contribution in [3.05, 3.63) is 29.8 Å². The van der Waals surface area contributed by atoms with Crippen molar-refractivity contribution < 1.29 is 8.95 Å². The first-order valence-corrected chi connectivity index (χ1v) is 9.32. The Bertz CT molecular complexity index is 437. The first-order valence-electron chi connectivity index (χ1n) is 7.83. The van der Waals surface area contributed by atoms with Gasteiger partial charge in [-0.1, -0.05) is 45.4 Å². The zero-order valence-electron chi connectivity index (χ0n) is 13.7. The van der Waals surface area contributed by atoms with Gasteiger partial charge in [-0.05, 0) is 24.9 Å². The molecule has 21 heavy (non-hydrogen) atoms. The van der Waals surface area contributed by atoms with Crippen LogP contribution in [-0.4, -0.2) is 29.4 Å². The van der Waals surface area contributed by atoms with Crippen molar-refractivity contribution in [3.8, 4) is 5.75 Å². The van der Waals surface area contributed by atoms with E-state index < -0.39 is 10.8 Å². The largest absolute Gasteiger partial charge is 0.496 e. The fraction of sp³-hybridized carbons (Fsp3) is 0.647. The fourth-order valence-electron chi connectivity index (χ4n) is 2.22. The van der Waals surface area contributed by atoms with Crippen molar-refractivity contribution in [1.82, 2.24) is 5.32 Å². The van der Waals surface area contributed by atoms with Crippen LogP contribution in [0.15, 0.2) is 24.3 Å². The van der Waals surface area contributed by atoms with Crippen molar-refractivity contribution in [2.75, 3.05) is 25.2 Å². The molecule has 3 atom stereocenters. The van der Waals surface area contributed by atoms with E-state index in [9.17, 15) is 4.21 Å². The van der Waals surface area contributed by atoms with E-state index in [2.05, 4.69) is 32.2 Å². The maximum absolute atomic E-state index is 12.4. The van der Waals surface area contributed by atoms with E-state index in [1.807, 2.05) is 18.2 Å². The lowest BCUT2D eigenvalue weighted by Crippen LogP contribution is -2.28. The summed E-state index contributed by atoms with van der Waals surface area (Å²) in [5, 5.41) is 3.51. The molecule has 1 aromatic rings. The number of nitrogens with one attached hydrogen (secondary N) is 1. The Morgan fingerprint density at radius 1 is 1.24 bits per heavy atom. The molecule has 1 N–H and O–H groups in total. The topological polar surface area (TPSA) is 38.3 Å². The molecular formula is C17H29NO2S. The lowest BCUT2D eigenvalue weighted by Gasteiger charge is -2.21. The second-order valence-electron chi connectivity index (χ2n) is 5.54. The van der Waals surface area contributed by atoms with Gasteiger partial charge in [0.05, 0.1) is 7.11 Å². The van der Waals surface area contributed by atoms with E-state index in [4.69, 9.17) is 4.74 Å². The summed E-state index contributed by atoms with van der Waals surface area (Å²) < 4.78 is 17.8. The van der Waals surface area contributed by atoms with Crippen molar-refractivity contribution >= 4 is 10.8 Å². The number of rotatable bonds is 10. The maximum Gasteiger partial charge on any atom is 0.123 e. The molecule has 0 spiro atoms. The van der Waals surface area contributed by atoms with Crippen LogP contribution >= 0.6 is 0 Å². The number of hydrogen-bond acceptors (Lipinski definition) is 3. The summed E-state index contributed by atoms with van der Waals surface area (Å²) in [5.74, 6) is 2.79. The third kappa shape index (κ3) is 6.18. The summed E-state index contributed by atoms with van der Waals surface area (Å²) in [5.41, 5.74) is 1.10. The summed E-state index contributed by atoms with van der Waals surface area (Å²) in [6.07, 6.45) is 2.14. The molecule has 0 aromatic heterocycles. The van der Waals surface area contributed by atoms with Crippen LogP contribution in [0.4, 0.5) is 0 Å². The highest BCUT2D eigenvalue weighted by Crippen LogP contribution is 2.25. The molecule has 0 bridgehead atoms. The second kappa shape index (κ2) is 9.96. The summed E-state index contributed by atoms with van der Waals surface area (Å²) in [7, 11) is 0.874. The summed E-state index contributed by atoms with van der Waals surface area (Å²) in [4.78, 5) is 0. The minimum absolute atomic E-state index is 0.0889. The zero-order valence-corrected chi connectivity index (χ0v) is 14.5. The lowest BCUT2D eigenvalue weighted by atomic mass is 10.1. The number of benzene rings is 1. The van der Waals surface area contributed by atoms with E-state index in [-0.39, 0.29) is 6.04 Å². The van der Waals surface area contributed by atoms with Crippen LogP contribution in [0.25, 0.3) is 0 Å². The first kappa shape index (κ1) is 18.2. The smallest absolute Gasteiger partial charge is 0.123 e. The Morgan fingerprint density at radius 2 is 1.95 bits per heavy atom. The van der Waals surface area contributed by atoms with Gasteiger partial charge in [-0.2, -0.15) is 0 Å². The van der Waals surface area contributed by atoms with Crippen molar-refractivity contribution in [3.63, 3.8) is 0 Å². The van der Waals surface area contributed by atoms with Gasteiger partial charge in [-0.3, -0.25) is 4.21 Å². The molecule has 120 valence electrons. The van der Waals surface area contributed by atoms with E-state index in [0.717, 1.165) is 36.5 Å². The predicted molar refractivity (Wildman–Crippen MR) is 91.4 cm³/mol. The molecule has 0 aliphatic rings. The molecule has 1 aromatic carbocycles. The highest BCUT2D eigenvalue weighted by atomic mass is 32.2. The molecule has 0 aliphatic heterocycles. The summed E-state index contributed by atoms with van der Waals surface area (Å²) in [6.45, 7) is 7.37. The van der Waals surface area contributed by atoms with Crippen molar-refractivity contribution in [2.45, 2.75) is 39.7 Å². The minimum Gasteiger partial charge on any atom is -0.496 e. The Kier molecular flexibility index (Phi) is 8.62. The second-order valence-corrected chi connectivity index (χ2v) is 7.08. The molecule has 3 nitrogen and oxygen atoms in total. The van der Waals surface area contributed by atoms with Crippen LogP contribution in [0.5, 0.6) is 5.75 Å². The number of para-hydroxylation sites is 1. The third-order valence-corrected chi connectivity index (χ3v) is 5.32. The van der Waals surface area contributed by atoms with Crippen LogP contribution < -0.4 is 10.1 Å². The molecule has 4 heteroatoms. The molecule has 0 saturated carbocycles. The number of methoxy groups -OCH3 is 1. The highest BCUT2D eigenvalue weighted by molar-refractivity contribution is 7.85. The lowest BCUT2D eigenvalue weighted by molar-refractivity contribution is 0.402. The summed E-state index contributed by atoms with van der Waals surface area (Å²) >= 11 is 0. The molecule has 1 rings (SSSR count). The monoisotopic (exact) mass is 311 g/mol. The molecule has 0 fully saturated rings. The highest BCUT2D eigenvalue weighted by Gasteiger charge is 2.19. The quantitative estimate of drug-likeness (QED) is 0.718. The predicted octanol–water partition coefficient (Wildman–Crippen LogP) is 3.53. The van der Waals surface area contributed by atoms with E-state index in [1.165, 1.54) is 0 Å². The molecular weight excluding hydrogens is 282 g/mol. The minimum atomic E-state index is -0.812. The average molecular weight is 311 g/mol. The van der Waals surface area contributed by atoms with Gasteiger partial charge in [-0.25, -0.2) is 0 Å². The summed E-state index contributed by atoms with van der Waals surface area (Å²) in [6, 6.07) is 8.09. The van der Waals surface area contributed by atoms with Crippen LogP contribution in [0.2, 0.25) is 0 Å². The molecule has 0 aliphatic carbocycles. The van der Waals surface area contributed by atoms with Crippen LogP contribution in [-0.2, 0) is 10.8 Å². The van der Waals surface area contributed by atoms with Crippen LogP contribution in [0, 0.1) is 5.92 Å². The fourth-order valence-corrected chi connectivity index (χ4v) is 3.90. The van der Waals surface area contributed by atoms with Gasteiger partial charge in [0.25, 0.3) is 0 Å². The number of ether oxygens (including phenoxy) is 1. The van der Waals surface area contributed by atoms with Crippen molar-refractivity contribution in [1.29, 1.82) is 0 Å². The normalized spacial score (nSPS) is 15.4. The van der Waals surface area contributed by atoms with E-state index in [0.29, 0.717) is 11.7 Å². The van der Waals surface area contributed by atoms with Crippen LogP contribution in [0.3, 0.4) is 0 Å². The van der Waals surface area contributed by atoms with Gasteiger partial charge in [0.2, 0.25) is 0 Å². The Hall–Kier alpha value is -0.870. The number of hydrogen-bond donors (Lipinski definition) is 1. The van der Waals surface area contributed by atoms with Crippen LogP contribution in [0.1, 0.15) is 45.2 Å². The van der Waals surface area contributed by atoms with Crippen molar-refractivity contribution in [2.24, 2.45) is 5.92 Å². The molecule has 0 amide bonds. The molecule has 0 heterocycles. The van der Waals surface area contributed by atoms with Gasteiger partial charge in [0.1, 0.15) is 5.75 Å². The Labute approximate surface area is 131 Å². The van der Waals surface area contributed by atoms with Gasteiger partial charge in [-0.15, -0.1) is 0 Å². The third-order valence-electron chi connectivity index (χ3n) is 3.67. The molecule has 0 radical (unpaired) electrons. The SMILES string of the molecule is CCCNC(CS(=O)CC(C)CC)c1ccccc1OC. The van der Waals surface area contributed by atoms with Gasteiger partial charge < -0.3 is 10.1 Å². The first-order chi connectivity index (χ1) is 10.1.